The minimum Gasteiger partial charge on any atom is -0.369 e. The Morgan fingerprint density at radius 3 is 2.37 bits per heavy atom. The van der Waals surface area contributed by atoms with Crippen molar-refractivity contribution in [1.29, 1.82) is 0 Å². The lowest BCUT2D eigenvalue weighted by Crippen LogP contribution is -2.00. The first-order chi connectivity index (χ1) is 9.06. The molecule has 1 aromatic heterocycles. The lowest BCUT2D eigenvalue weighted by Gasteiger charge is -2.07. The van der Waals surface area contributed by atoms with Crippen LogP contribution in [0.1, 0.15) is 0 Å². The summed E-state index contributed by atoms with van der Waals surface area (Å²) in [5.74, 6) is 0.399. The molecule has 3 nitrogen and oxygen atoms in total. The molecule has 0 atom stereocenters. The molecule has 0 spiro atoms. The number of imidazole rings is 1. The van der Waals surface area contributed by atoms with Crippen LogP contribution in [0.3, 0.4) is 0 Å². The zero-order chi connectivity index (χ0) is 13.6. The van der Waals surface area contributed by atoms with E-state index in [1.54, 1.807) is 12.1 Å². The van der Waals surface area contributed by atoms with E-state index in [-0.39, 0.29) is 0 Å². The molecule has 0 fully saturated rings. The molecular weight excluding hydrogens is 349 g/mol. The molecule has 3 rings (SSSR count). The van der Waals surface area contributed by atoms with Crippen LogP contribution in [-0.4, -0.2) is 9.55 Å². The standard InChI is InChI=1S/C13H8BrCl2N3/c14-7-1-3-8(4-2-7)19-12-6-10(16)9(15)5-11(12)18-13(19)17/h1-6H,(H2,17,18). The maximum Gasteiger partial charge on any atom is 0.205 e. The number of hydrogen-bond acceptors (Lipinski definition) is 2. The van der Waals surface area contributed by atoms with Crippen molar-refractivity contribution in [2.24, 2.45) is 0 Å². The molecule has 1 heterocycles. The van der Waals surface area contributed by atoms with E-state index in [1.807, 2.05) is 28.8 Å². The van der Waals surface area contributed by atoms with Gasteiger partial charge in [-0.1, -0.05) is 39.1 Å². The topological polar surface area (TPSA) is 43.8 Å². The van der Waals surface area contributed by atoms with Crippen molar-refractivity contribution in [3.63, 3.8) is 0 Å². The largest absolute Gasteiger partial charge is 0.369 e. The van der Waals surface area contributed by atoms with Crippen molar-refractivity contribution >= 4 is 56.1 Å². The molecule has 0 amide bonds. The summed E-state index contributed by atoms with van der Waals surface area (Å²) in [6.45, 7) is 0. The Hall–Kier alpha value is -1.23. The monoisotopic (exact) mass is 355 g/mol. The van der Waals surface area contributed by atoms with Gasteiger partial charge in [0.15, 0.2) is 0 Å². The van der Waals surface area contributed by atoms with Crippen molar-refractivity contribution in [3.05, 3.63) is 50.9 Å². The van der Waals surface area contributed by atoms with Crippen LogP contribution >= 0.6 is 39.1 Å². The second-order valence-corrected chi connectivity index (χ2v) is 5.77. The second kappa shape index (κ2) is 4.71. The number of nitrogens with two attached hydrogens (primary N) is 1. The van der Waals surface area contributed by atoms with Crippen LogP contribution in [0, 0.1) is 0 Å². The number of fused-ring (bicyclic) bond motifs is 1. The average molecular weight is 357 g/mol. The third-order valence-corrected chi connectivity index (χ3v) is 4.06. The number of benzene rings is 2. The van der Waals surface area contributed by atoms with E-state index in [1.165, 1.54) is 0 Å². The molecule has 2 aromatic carbocycles. The molecule has 6 heteroatoms. The number of halogens is 3. The van der Waals surface area contributed by atoms with Crippen LogP contribution in [0.5, 0.6) is 0 Å². The van der Waals surface area contributed by atoms with Gasteiger partial charge in [0.25, 0.3) is 0 Å². The average Bonchev–Trinajstić information content (AvgIpc) is 2.67. The van der Waals surface area contributed by atoms with Crippen LogP contribution in [0.4, 0.5) is 5.95 Å². The van der Waals surface area contributed by atoms with Crippen molar-refractivity contribution in [1.82, 2.24) is 9.55 Å². The van der Waals surface area contributed by atoms with Gasteiger partial charge in [0.2, 0.25) is 5.95 Å². The van der Waals surface area contributed by atoms with E-state index in [4.69, 9.17) is 28.9 Å². The highest BCUT2D eigenvalue weighted by Gasteiger charge is 2.12. The van der Waals surface area contributed by atoms with E-state index in [0.29, 0.717) is 16.0 Å². The fourth-order valence-electron chi connectivity index (χ4n) is 1.95. The first kappa shape index (κ1) is 12.8. The molecule has 0 saturated carbocycles. The van der Waals surface area contributed by atoms with Gasteiger partial charge in [0.05, 0.1) is 21.1 Å². The predicted octanol–water partition coefficient (Wildman–Crippen LogP) is 4.68. The minimum absolute atomic E-state index is 0.399. The Bertz CT molecular complexity index is 766. The van der Waals surface area contributed by atoms with Gasteiger partial charge in [-0.2, -0.15) is 0 Å². The van der Waals surface area contributed by atoms with Crippen molar-refractivity contribution in [2.75, 3.05) is 5.73 Å². The number of hydrogen-bond donors (Lipinski definition) is 1. The van der Waals surface area contributed by atoms with Crippen LogP contribution in [0.25, 0.3) is 16.7 Å². The van der Waals surface area contributed by atoms with Crippen LogP contribution < -0.4 is 5.73 Å². The smallest absolute Gasteiger partial charge is 0.205 e. The fraction of sp³-hybridized carbons (Fsp3) is 0. The molecule has 0 aliphatic rings. The number of nitrogen functional groups attached to an aromatic ring is 1. The molecule has 19 heavy (non-hydrogen) atoms. The van der Waals surface area contributed by atoms with E-state index >= 15 is 0 Å². The van der Waals surface area contributed by atoms with Gasteiger partial charge in [-0.3, -0.25) is 4.57 Å². The third-order valence-electron chi connectivity index (χ3n) is 2.81. The quantitative estimate of drug-likeness (QED) is 0.688. The molecule has 2 N–H and O–H groups in total. The Kier molecular flexibility index (Phi) is 3.17. The Morgan fingerprint density at radius 1 is 1.05 bits per heavy atom. The first-order valence-electron chi connectivity index (χ1n) is 5.45. The minimum atomic E-state index is 0.399. The molecule has 0 bridgehead atoms. The highest BCUT2D eigenvalue weighted by molar-refractivity contribution is 9.10. The highest BCUT2D eigenvalue weighted by Crippen LogP contribution is 2.31. The molecular formula is C13H8BrCl2N3. The maximum atomic E-state index is 6.06. The predicted molar refractivity (Wildman–Crippen MR) is 83.2 cm³/mol. The highest BCUT2D eigenvalue weighted by atomic mass is 79.9. The number of aromatic nitrogens is 2. The summed E-state index contributed by atoms with van der Waals surface area (Å²) in [7, 11) is 0. The van der Waals surface area contributed by atoms with Gasteiger partial charge in [-0.15, -0.1) is 0 Å². The van der Waals surface area contributed by atoms with Crippen molar-refractivity contribution in [3.8, 4) is 5.69 Å². The molecule has 0 aliphatic heterocycles. The zero-order valence-corrected chi connectivity index (χ0v) is 12.7. The first-order valence-corrected chi connectivity index (χ1v) is 7.00. The summed E-state index contributed by atoms with van der Waals surface area (Å²) >= 11 is 15.5. The molecule has 3 aromatic rings. The summed E-state index contributed by atoms with van der Waals surface area (Å²) in [6, 6.07) is 11.3. The number of anilines is 1. The Balaban J connectivity index is 2.31. The van der Waals surface area contributed by atoms with E-state index in [9.17, 15) is 0 Å². The molecule has 0 aliphatic carbocycles. The zero-order valence-electron chi connectivity index (χ0n) is 9.57. The summed E-state index contributed by atoms with van der Waals surface area (Å²) in [5, 5.41) is 0.946. The Morgan fingerprint density at radius 2 is 1.68 bits per heavy atom. The van der Waals surface area contributed by atoms with Gasteiger partial charge in [-0.25, -0.2) is 4.98 Å². The lowest BCUT2D eigenvalue weighted by atomic mass is 10.3. The summed E-state index contributed by atoms with van der Waals surface area (Å²) < 4.78 is 2.84. The van der Waals surface area contributed by atoms with Gasteiger partial charge in [-0.05, 0) is 36.4 Å². The third kappa shape index (κ3) is 2.20. The van der Waals surface area contributed by atoms with Gasteiger partial charge in [0.1, 0.15) is 0 Å². The molecule has 0 radical (unpaired) electrons. The van der Waals surface area contributed by atoms with Gasteiger partial charge >= 0.3 is 0 Å². The van der Waals surface area contributed by atoms with E-state index < -0.39 is 0 Å². The lowest BCUT2D eigenvalue weighted by molar-refractivity contribution is 1.11. The maximum absolute atomic E-state index is 6.06. The summed E-state index contributed by atoms with van der Waals surface area (Å²) in [4.78, 5) is 4.30. The molecule has 0 saturated heterocycles. The second-order valence-electron chi connectivity index (χ2n) is 4.04. The molecule has 0 unspecified atom stereocenters. The van der Waals surface area contributed by atoms with Gasteiger partial charge < -0.3 is 5.73 Å². The van der Waals surface area contributed by atoms with Crippen LogP contribution in [-0.2, 0) is 0 Å². The van der Waals surface area contributed by atoms with Crippen molar-refractivity contribution < 1.29 is 0 Å². The van der Waals surface area contributed by atoms with E-state index in [2.05, 4.69) is 20.9 Å². The normalized spacial score (nSPS) is 11.1. The van der Waals surface area contributed by atoms with E-state index in [0.717, 1.165) is 21.2 Å². The Labute approximate surface area is 128 Å². The number of nitrogens with zero attached hydrogens (tertiary/aromatic N) is 2. The molecule has 96 valence electrons. The van der Waals surface area contributed by atoms with Crippen LogP contribution in [0.15, 0.2) is 40.9 Å². The van der Waals surface area contributed by atoms with Gasteiger partial charge in [0, 0.05) is 10.2 Å². The fourth-order valence-corrected chi connectivity index (χ4v) is 2.53. The number of rotatable bonds is 1. The van der Waals surface area contributed by atoms with Crippen molar-refractivity contribution in [2.45, 2.75) is 0 Å². The summed E-state index contributed by atoms with van der Waals surface area (Å²) in [6.07, 6.45) is 0. The summed E-state index contributed by atoms with van der Waals surface area (Å²) in [5.41, 5.74) is 8.44. The van der Waals surface area contributed by atoms with Crippen LogP contribution in [0.2, 0.25) is 10.0 Å². The SMILES string of the molecule is Nc1nc2cc(Cl)c(Cl)cc2n1-c1ccc(Br)cc1.